The molecule has 0 bridgehead atoms. The molecule has 0 aliphatic heterocycles. The molecule has 24 heavy (non-hydrogen) atoms. The summed E-state index contributed by atoms with van der Waals surface area (Å²) in [6, 6.07) is 14.2. The van der Waals surface area contributed by atoms with E-state index in [0.29, 0.717) is 17.8 Å². The van der Waals surface area contributed by atoms with Crippen LogP contribution in [0.25, 0.3) is 33.9 Å². The summed E-state index contributed by atoms with van der Waals surface area (Å²) in [7, 11) is 0. The fourth-order valence-corrected chi connectivity index (χ4v) is 3.22. The number of fused-ring (bicyclic) bond motifs is 1. The Kier molecular flexibility index (Phi) is 3.02. The van der Waals surface area contributed by atoms with Gasteiger partial charge in [-0.2, -0.15) is 4.98 Å². The summed E-state index contributed by atoms with van der Waals surface area (Å²) in [6.45, 7) is 0. The Morgan fingerprint density at radius 3 is 2.83 bits per heavy atom. The molecule has 6 nitrogen and oxygen atoms in total. The van der Waals surface area contributed by atoms with Crippen molar-refractivity contribution < 1.29 is 4.52 Å². The van der Waals surface area contributed by atoms with Crippen LogP contribution in [0.5, 0.6) is 0 Å². The Labute approximate surface area is 145 Å². The van der Waals surface area contributed by atoms with Crippen LogP contribution in [0.15, 0.2) is 51.5 Å². The number of aromatic nitrogens is 5. The molecular weight excluding hydrogens is 370 g/mol. The first-order valence-electron chi connectivity index (χ1n) is 7.73. The smallest absolute Gasteiger partial charge is 0.258 e. The number of benzene rings is 2. The van der Waals surface area contributed by atoms with E-state index >= 15 is 0 Å². The van der Waals surface area contributed by atoms with Gasteiger partial charge in [-0.05, 0) is 43.2 Å². The second-order valence-corrected chi connectivity index (χ2v) is 6.73. The van der Waals surface area contributed by atoms with Gasteiger partial charge in [-0.15, -0.1) is 5.10 Å². The van der Waals surface area contributed by atoms with Gasteiger partial charge in [-0.25, -0.2) is 4.68 Å². The lowest BCUT2D eigenvalue weighted by Crippen LogP contribution is -1.95. The molecule has 0 unspecified atom stereocenters. The van der Waals surface area contributed by atoms with Crippen LogP contribution in [0, 0.1) is 0 Å². The third kappa shape index (κ3) is 2.24. The highest BCUT2D eigenvalue weighted by Crippen LogP contribution is 2.36. The lowest BCUT2D eigenvalue weighted by molar-refractivity contribution is 0.432. The van der Waals surface area contributed by atoms with Crippen molar-refractivity contribution in [1.29, 1.82) is 0 Å². The highest BCUT2D eigenvalue weighted by molar-refractivity contribution is 9.10. The second kappa shape index (κ2) is 5.24. The van der Waals surface area contributed by atoms with Gasteiger partial charge in [-0.1, -0.05) is 38.4 Å². The van der Waals surface area contributed by atoms with Crippen molar-refractivity contribution in [2.45, 2.75) is 18.9 Å². The summed E-state index contributed by atoms with van der Waals surface area (Å²) < 4.78 is 8.37. The van der Waals surface area contributed by atoms with Gasteiger partial charge in [-0.3, -0.25) is 0 Å². The van der Waals surface area contributed by atoms with Crippen LogP contribution in [-0.4, -0.2) is 25.1 Å². The van der Waals surface area contributed by atoms with Gasteiger partial charge in [0.25, 0.3) is 5.89 Å². The number of halogens is 1. The Bertz CT molecular complexity index is 1050. The number of nitrogens with zero attached hydrogens (tertiary/aromatic N) is 5. The van der Waals surface area contributed by atoms with E-state index in [-0.39, 0.29) is 0 Å². The number of hydrogen-bond acceptors (Lipinski definition) is 5. The third-order valence-electron chi connectivity index (χ3n) is 4.15. The quantitative estimate of drug-likeness (QED) is 0.530. The fraction of sp³-hybridized carbons (Fsp3) is 0.176. The molecular formula is C17H12BrN5O. The van der Waals surface area contributed by atoms with Crippen molar-refractivity contribution in [3.63, 3.8) is 0 Å². The molecule has 0 radical (unpaired) electrons. The highest BCUT2D eigenvalue weighted by atomic mass is 79.9. The third-order valence-corrected chi connectivity index (χ3v) is 4.84. The van der Waals surface area contributed by atoms with E-state index in [0.717, 1.165) is 26.6 Å². The maximum Gasteiger partial charge on any atom is 0.258 e. The van der Waals surface area contributed by atoms with Crippen molar-refractivity contribution in [3.8, 4) is 22.8 Å². The number of hydrogen-bond donors (Lipinski definition) is 0. The average Bonchev–Trinajstić information content (AvgIpc) is 3.18. The molecule has 1 aliphatic rings. The molecule has 1 saturated carbocycles. The summed E-state index contributed by atoms with van der Waals surface area (Å²) in [6.07, 6.45) is 2.36. The first-order valence-corrected chi connectivity index (χ1v) is 8.53. The molecule has 2 aromatic heterocycles. The Balaban J connectivity index is 1.55. The Hall–Kier alpha value is -2.54. The largest absolute Gasteiger partial charge is 0.334 e. The maximum absolute atomic E-state index is 5.44. The van der Waals surface area contributed by atoms with Crippen molar-refractivity contribution in [2.24, 2.45) is 0 Å². The first kappa shape index (κ1) is 13.9. The van der Waals surface area contributed by atoms with E-state index < -0.39 is 0 Å². The molecule has 5 rings (SSSR count). The zero-order valence-corrected chi connectivity index (χ0v) is 14.1. The average molecular weight is 382 g/mol. The molecule has 0 N–H and O–H groups in total. The predicted molar refractivity (Wildman–Crippen MR) is 92.2 cm³/mol. The molecule has 0 amide bonds. The summed E-state index contributed by atoms with van der Waals surface area (Å²) in [5.74, 6) is 1.03. The van der Waals surface area contributed by atoms with E-state index in [2.05, 4.69) is 36.4 Å². The standard InChI is InChI=1S/C17H12BrN5O/c18-13-4-2-1-3-12(13)16-19-17(24-21-16)10-5-8-15-14(9-10)20-22-23(15)11-6-7-11/h1-5,8-9,11H,6-7H2. The molecule has 2 heterocycles. The van der Waals surface area contributed by atoms with Gasteiger partial charge in [0.05, 0.1) is 11.6 Å². The van der Waals surface area contributed by atoms with E-state index in [1.54, 1.807) is 0 Å². The van der Waals surface area contributed by atoms with Crippen LogP contribution in [0.2, 0.25) is 0 Å². The highest BCUT2D eigenvalue weighted by Gasteiger charge is 2.26. The van der Waals surface area contributed by atoms with Crippen LogP contribution in [0.4, 0.5) is 0 Å². The van der Waals surface area contributed by atoms with Gasteiger partial charge in [0.1, 0.15) is 5.52 Å². The zero-order chi connectivity index (χ0) is 16.1. The molecule has 7 heteroatoms. The topological polar surface area (TPSA) is 69.6 Å². The van der Waals surface area contributed by atoms with E-state index in [9.17, 15) is 0 Å². The second-order valence-electron chi connectivity index (χ2n) is 5.87. The molecule has 4 aromatic rings. The lowest BCUT2D eigenvalue weighted by Gasteiger charge is -1.98. The van der Waals surface area contributed by atoms with Crippen molar-refractivity contribution in [3.05, 3.63) is 46.9 Å². The van der Waals surface area contributed by atoms with Crippen molar-refractivity contribution in [1.82, 2.24) is 25.1 Å². The summed E-state index contributed by atoms with van der Waals surface area (Å²) >= 11 is 3.51. The molecule has 2 aromatic carbocycles. The molecule has 0 saturated heterocycles. The van der Waals surface area contributed by atoms with Crippen LogP contribution >= 0.6 is 15.9 Å². The van der Waals surface area contributed by atoms with Gasteiger partial charge in [0, 0.05) is 15.6 Å². The summed E-state index contributed by atoms with van der Waals surface area (Å²) in [5.41, 5.74) is 3.64. The summed E-state index contributed by atoms with van der Waals surface area (Å²) in [5, 5.41) is 12.6. The van der Waals surface area contributed by atoms with Gasteiger partial charge >= 0.3 is 0 Å². The molecule has 1 aliphatic carbocycles. The normalized spacial score (nSPS) is 14.4. The first-order chi connectivity index (χ1) is 11.8. The monoisotopic (exact) mass is 381 g/mol. The minimum atomic E-state index is 0.476. The van der Waals surface area contributed by atoms with Crippen LogP contribution in [-0.2, 0) is 0 Å². The van der Waals surface area contributed by atoms with Crippen molar-refractivity contribution in [2.75, 3.05) is 0 Å². The van der Waals surface area contributed by atoms with Crippen LogP contribution < -0.4 is 0 Å². The Morgan fingerprint density at radius 2 is 2.00 bits per heavy atom. The van der Waals surface area contributed by atoms with E-state index in [1.165, 1.54) is 12.8 Å². The van der Waals surface area contributed by atoms with Crippen LogP contribution in [0.3, 0.4) is 0 Å². The van der Waals surface area contributed by atoms with E-state index in [4.69, 9.17) is 4.52 Å². The molecule has 118 valence electrons. The van der Waals surface area contributed by atoms with Crippen molar-refractivity contribution >= 4 is 27.0 Å². The molecule has 0 spiro atoms. The van der Waals surface area contributed by atoms with Gasteiger partial charge in [0.2, 0.25) is 5.82 Å². The molecule has 0 atom stereocenters. The minimum Gasteiger partial charge on any atom is -0.334 e. The SMILES string of the molecule is Brc1ccccc1-c1noc(-c2ccc3c(c2)nnn3C2CC2)n1. The lowest BCUT2D eigenvalue weighted by atomic mass is 10.2. The zero-order valence-electron chi connectivity index (χ0n) is 12.6. The summed E-state index contributed by atoms with van der Waals surface area (Å²) in [4.78, 5) is 4.51. The fourth-order valence-electron chi connectivity index (χ4n) is 2.76. The number of rotatable bonds is 3. The maximum atomic E-state index is 5.44. The van der Waals surface area contributed by atoms with Gasteiger partial charge < -0.3 is 4.52 Å². The minimum absolute atomic E-state index is 0.476. The molecule has 1 fully saturated rings. The predicted octanol–water partition coefficient (Wildman–Crippen LogP) is 4.25. The van der Waals surface area contributed by atoms with Gasteiger partial charge in [0.15, 0.2) is 0 Å². The van der Waals surface area contributed by atoms with E-state index in [1.807, 2.05) is 47.1 Å². The van der Waals surface area contributed by atoms with Crippen LogP contribution in [0.1, 0.15) is 18.9 Å². The Morgan fingerprint density at radius 1 is 1.12 bits per heavy atom.